The van der Waals surface area contributed by atoms with Crippen molar-refractivity contribution in [2.45, 2.75) is 6.17 Å². The molecule has 0 radical (unpaired) electrons. The van der Waals surface area contributed by atoms with Gasteiger partial charge in [-0.05, 0) is 14.1 Å². The van der Waals surface area contributed by atoms with Crippen molar-refractivity contribution in [3.05, 3.63) is 0 Å². The van der Waals surface area contributed by atoms with Crippen LogP contribution in [0.2, 0.25) is 0 Å². The Morgan fingerprint density at radius 1 is 1.43 bits per heavy atom. The van der Waals surface area contributed by atoms with E-state index in [9.17, 15) is 0 Å². The summed E-state index contributed by atoms with van der Waals surface area (Å²) in [6.45, 7) is 0.632. The van der Waals surface area contributed by atoms with Crippen molar-refractivity contribution in [2.24, 2.45) is 5.73 Å². The fraction of sp³-hybridized carbons (Fsp3) is 1.00. The Bertz CT molecular complexity index is 28.4. The Balaban J connectivity index is 2.99. The van der Waals surface area contributed by atoms with Gasteiger partial charge in [0.2, 0.25) is 0 Å². The molecule has 3 heteroatoms. The molecule has 0 amide bonds. The zero-order valence-corrected chi connectivity index (χ0v) is 4.86. The summed E-state index contributed by atoms with van der Waals surface area (Å²) in [6, 6.07) is 0. The van der Waals surface area contributed by atoms with Crippen molar-refractivity contribution < 1.29 is 0 Å². The second kappa shape index (κ2) is 4.05. The monoisotopic (exact) mass is 103 g/mol. The van der Waals surface area contributed by atoms with Crippen molar-refractivity contribution in [3.8, 4) is 0 Å². The Hall–Kier alpha value is -0.120. The average Bonchev–Trinajstić information content (AvgIpc) is 1.72. The van der Waals surface area contributed by atoms with E-state index in [1.807, 2.05) is 14.1 Å². The van der Waals surface area contributed by atoms with Crippen molar-refractivity contribution in [1.82, 2.24) is 10.6 Å². The maximum absolute atomic E-state index is 5.27. The van der Waals surface area contributed by atoms with Crippen LogP contribution < -0.4 is 16.4 Å². The van der Waals surface area contributed by atoms with E-state index in [1.54, 1.807) is 0 Å². The highest BCUT2D eigenvalue weighted by Crippen LogP contribution is 1.62. The van der Waals surface area contributed by atoms with Gasteiger partial charge in [0.15, 0.2) is 0 Å². The van der Waals surface area contributed by atoms with E-state index in [1.165, 1.54) is 0 Å². The molecule has 0 unspecified atom stereocenters. The molecule has 4 N–H and O–H groups in total. The van der Waals surface area contributed by atoms with Crippen LogP contribution >= 0.6 is 0 Å². The Morgan fingerprint density at radius 3 is 1.86 bits per heavy atom. The maximum atomic E-state index is 5.27. The first kappa shape index (κ1) is 6.88. The van der Waals surface area contributed by atoms with Gasteiger partial charge in [0.05, 0.1) is 6.17 Å². The highest BCUT2D eigenvalue weighted by atomic mass is 15.1. The predicted octanol–water partition coefficient (Wildman–Crippen LogP) is -1.29. The Labute approximate surface area is 44.3 Å². The van der Waals surface area contributed by atoms with E-state index in [2.05, 4.69) is 10.6 Å². The summed E-state index contributed by atoms with van der Waals surface area (Å²) in [7, 11) is 3.74. The zero-order chi connectivity index (χ0) is 5.70. The number of nitrogens with two attached hydrogens (primary N) is 1. The fourth-order valence-corrected chi connectivity index (χ4v) is 0.380. The molecule has 3 nitrogen and oxygen atoms in total. The van der Waals surface area contributed by atoms with Gasteiger partial charge in [0.25, 0.3) is 0 Å². The first-order valence-electron chi connectivity index (χ1n) is 2.39. The highest BCUT2D eigenvalue weighted by molar-refractivity contribution is 4.56. The van der Waals surface area contributed by atoms with Crippen LogP contribution in [0, 0.1) is 0 Å². The summed E-state index contributed by atoms with van der Waals surface area (Å²) in [5.74, 6) is 0. The largest absolute Gasteiger partial charge is 0.328 e. The topological polar surface area (TPSA) is 50.1 Å². The van der Waals surface area contributed by atoms with Gasteiger partial charge in [0, 0.05) is 6.54 Å². The van der Waals surface area contributed by atoms with E-state index in [0.29, 0.717) is 6.54 Å². The lowest BCUT2D eigenvalue weighted by atomic mass is 10.5. The molecule has 0 bridgehead atoms. The summed E-state index contributed by atoms with van der Waals surface area (Å²) in [5.41, 5.74) is 5.27. The third-order valence-electron chi connectivity index (χ3n) is 0.933. The molecule has 0 spiro atoms. The minimum Gasteiger partial charge on any atom is -0.328 e. The number of hydrogen-bond acceptors (Lipinski definition) is 3. The molecule has 0 saturated carbocycles. The molecular weight excluding hydrogens is 90.1 g/mol. The van der Waals surface area contributed by atoms with Crippen LogP contribution in [0.4, 0.5) is 0 Å². The number of nitrogens with one attached hydrogen (secondary N) is 2. The lowest BCUT2D eigenvalue weighted by Crippen LogP contribution is -2.43. The second-order valence-corrected chi connectivity index (χ2v) is 1.37. The van der Waals surface area contributed by atoms with Crippen LogP contribution in [0.15, 0.2) is 0 Å². The number of hydrogen-bond donors (Lipinski definition) is 3. The van der Waals surface area contributed by atoms with E-state index in [4.69, 9.17) is 5.73 Å². The van der Waals surface area contributed by atoms with Crippen molar-refractivity contribution >= 4 is 0 Å². The molecule has 0 rings (SSSR count). The normalized spacial score (nSPS) is 10.3. The Kier molecular flexibility index (Phi) is 3.98. The summed E-state index contributed by atoms with van der Waals surface area (Å²) < 4.78 is 0. The zero-order valence-electron chi connectivity index (χ0n) is 4.86. The molecule has 0 aromatic carbocycles. The van der Waals surface area contributed by atoms with Gasteiger partial charge in [-0.1, -0.05) is 0 Å². The molecule has 0 saturated heterocycles. The quantitative estimate of drug-likeness (QED) is 0.389. The number of rotatable bonds is 3. The minimum absolute atomic E-state index is 0.264. The van der Waals surface area contributed by atoms with Crippen molar-refractivity contribution in [1.29, 1.82) is 0 Å². The third-order valence-corrected chi connectivity index (χ3v) is 0.933. The molecule has 0 aliphatic rings. The van der Waals surface area contributed by atoms with Crippen LogP contribution in [0.25, 0.3) is 0 Å². The minimum atomic E-state index is 0.264. The average molecular weight is 103 g/mol. The van der Waals surface area contributed by atoms with Gasteiger partial charge in [-0.15, -0.1) is 0 Å². The van der Waals surface area contributed by atoms with Crippen LogP contribution in [-0.2, 0) is 0 Å². The van der Waals surface area contributed by atoms with E-state index >= 15 is 0 Å². The summed E-state index contributed by atoms with van der Waals surface area (Å²) in [4.78, 5) is 0. The lowest BCUT2D eigenvalue weighted by Gasteiger charge is -2.10. The van der Waals surface area contributed by atoms with E-state index < -0.39 is 0 Å². The molecule has 7 heavy (non-hydrogen) atoms. The Morgan fingerprint density at radius 2 is 1.86 bits per heavy atom. The third kappa shape index (κ3) is 2.56. The van der Waals surface area contributed by atoms with Crippen molar-refractivity contribution in [3.63, 3.8) is 0 Å². The van der Waals surface area contributed by atoms with Crippen LogP contribution in [0.1, 0.15) is 0 Å². The highest BCUT2D eigenvalue weighted by Gasteiger charge is 1.93. The molecule has 0 fully saturated rings. The lowest BCUT2D eigenvalue weighted by molar-refractivity contribution is 0.504. The summed E-state index contributed by atoms with van der Waals surface area (Å²) in [5, 5.41) is 5.93. The molecule has 0 aliphatic carbocycles. The summed E-state index contributed by atoms with van der Waals surface area (Å²) in [6.07, 6.45) is 0.264. The molecule has 0 atom stereocenters. The molecule has 0 aromatic rings. The molecule has 0 aromatic heterocycles. The standard InChI is InChI=1S/C4H13N3/c1-6-4(3-5)7-2/h4,6-7H,3,5H2,1-2H3. The summed E-state index contributed by atoms with van der Waals surface area (Å²) >= 11 is 0. The SMILES string of the molecule is CNC(CN)NC. The maximum Gasteiger partial charge on any atom is 0.0693 e. The predicted molar refractivity (Wildman–Crippen MR) is 31.0 cm³/mol. The number of likely N-dealkylation sites (N-methyl/N-ethyl adjacent to an activating group) is 2. The van der Waals surface area contributed by atoms with Gasteiger partial charge in [0.1, 0.15) is 0 Å². The van der Waals surface area contributed by atoms with E-state index in [0.717, 1.165) is 0 Å². The van der Waals surface area contributed by atoms with Crippen LogP contribution in [-0.4, -0.2) is 26.8 Å². The van der Waals surface area contributed by atoms with Crippen LogP contribution in [0.5, 0.6) is 0 Å². The fourth-order valence-electron chi connectivity index (χ4n) is 0.380. The molecular formula is C4H13N3. The smallest absolute Gasteiger partial charge is 0.0693 e. The van der Waals surface area contributed by atoms with Gasteiger partial charge in [-0.25, -0.2) is 0 Å². The van der Waals surface area contributed by atoms with Crippen molar-refractivity contribution in [2.75, 3.05) is 20.6 Å². The second-order valence-electron chi connectivity index (χ2n) is 1.37. The van der Waals surface area contributed by atoms with E-state index in [-0.39, 0.29) is 6.17 Å². The van der Waals surface area contributed by atoms with Gasteiger partial charge < -0.3 is 16.4 Å². The van der Waals surface area contributed by atoms with Gasteiger partial charge in [-0.3, -0.25) is 0 Å². The first-order valence-corrected chi connectivity index (χ1v) is 2.39. The first-order chi connectivity index (χ1) is 3.35. The molecule has 0 heterocycles. The van der Waals surface area contributed by atoms with Gasteiger partial charge >= 0.3 is 0 Å². The van der Waals surface area contributed by atoms with Crippen LogP contribution in [0.3, 0.4) is 0 Å². The van der Waals surface area contributed by atoms with Gasteiger partial charge in [-0.2, -0.15) is 0 Å². The molecule has 44 valence electrons. The molecule has 0 aliphatic heterocycles.